The fourth-order valence-electron chi connectivity index (χ4n) is 3.77. The quantitative estimate of drug-likeness (QED) is 0.270. The highest BCUT2D eigenvalue weighted by molar-refractivity contribution is 7.92. The van der Waals surface area contributed by atoms with Crippen molar-refractivity contribution in [3.8, 4) is 11.5 Å². The fraction of sp³-hybridized carbons (Fsp3) is 0.167. The molecule has 0 bridgehead atoms. The van der Waals surface area contributed by atoms with E-state index in [1.165, 1.54) is 18.2 Å². The number of aryl methyl sites for hydroxylation is 1. The van der Waals surface area contributed by atoms with Crippen molar-refractivity contribution in [2.45, 2.75) is 13.3 Å². The maximum absolute atomic E-state index is 15.5. The third-order valence-corrected chi connectivity index (χ3v) is 7.14. The highest BCUT2D eigenvalue weighted by Gasteiger charge is 2.38. The van der Waals surface area contributed by atoms with Gasteiger partial charge in [0, 0.05) is 12.0 Å². The first-order valence-corrected chi connectivity index (χ1v) is 14.0. The molecule has 1 N–H and O–H groups in total. The molecule has 0 unspecified atom stereocenters. The zero-order valence-corrected chi connectivity index (χ0v) is 21.2. The van der Waals surface area contributed by atoms with Crippen LogP contribution in [0.15, 0.2) is 60.7 Å². The lowest BCUT2D eigenvalue weighted by Gasteiger charge is -2.20. The van der Waals surface area contributed by atoms with Gasteiger partial charge in [-0.3, -0.25) is 4.79 Å². The van der Waals surface area contributed by atoms with E-state index in [1.807, 2.05) is 0 Å². The molecule has 0 saturated carbocycles. The standard InChI is InChI=1S/C24H21FN2O8S2/c1-15-7-6-10-18(23(15)35-36(2,30)31)11-16-12-19(25)22(27-14-21(28)26-37(27,32)33)20(13-16)34-24(29)17-8-4-3-5-9-17/h3-10,12-13H,11,14H2,1-2H3,(H,26,28). The molecule has 3 aromatic carbocycles. The molecule has 194 valence electrons. The monoisotopic (exact) mass is 548 g/mol. The van der Waals surface area contributed by atoms with E-state index in [0.717, 1.165) is 12.3 Å². The average molecular weight is 549 g/mol. The summed E-state index contributed by atoms with van der Waals surface area (Å²) >= 11 is 0. The van der Waals surface area contributed by atoms with Gasteiger partial charge in [-0.25, -0.2) is 18.2 Å². The Balaban J connectivity index is 1.80. The number of hydrogen-bond donors (Lipinski definition) is 1. The Morgan fingerprint density at radius 2 is 1.81 bits per heavy atom. The number of ether oxygens (including phenoxy) is 1. The number of anilines is 1. The first-order valence-electron chi connectivity index (χ1n) is 10.7. The Morgan fingerprint density at radius 3 is 2.43 bits per heavy atom. The van der Waals surface area contributed by atoms with Crippen LogP contribution in [0.4, 0.5) is 10.1 Å². The predicted octanol–water partition coefficient (Wildman–Crippen LogP) is 2.46. The van der Waals surface area contributed by atoms with Crippen LogP contribution in [0.2, 0.25) is 0 Å². The first kappa shape index (κ1) is 26.1. The van der Waals surface area contributed by atoms with Gasteiger partial charge in [0.05, 0.1) is 11.8 Å². The molecular formula is C24H21FN2O8S2. The minimum atomic E-state index is -4.42. The first-order chi connectivity index (χ1) is 17.3. The van der Waals surface area contributed by atoms with Crippen LogP contribution >= 0.6 is 0 Å². The Morgan fingerprint density at radius 1 is 1.11 bits per heavy atom. The Labute approximate surface area is 212 Å². The van der Waals surface area contributed by atoms with Crippen LogP contribution in [0.25, 0.3) is 0 Å². The van der Waals surface area contributed by atoms with Crippen LogP contribution in [-0.4, -0.2) is 41.5 Å². The molecule has 1 aliphatic rings. The van der Waals surface area contributed by atoms with Gasteiger partial charge in [-0.05, 0) is 42.3 Å². The lowest BCUT2D eigenvalue weighted by atomic mass is 10.0. The summed E-state index contributed by atoms with van der Waals surface area (Å²) in [5, 5.41) is 0. The molecule has 1 saturated heterocycles. The van der Waals surface area contributed by atoms with Gasteiger partial charge in [0.25, 0.3) is 5.91 Å². The van der Waals surface area contributed by atoms with E-state index in [0.29, 0.717) is 15.4 Å². The third-order valence-electron chi connectivity index (χ3n) is 5.29. The van der Waals surface area contributed by atoms with Crippen LogP contribution in [0.5, 0.6) is 11.5 Å². The van der Waals surface area contributed by atoms with Crippen molar-refractivity contribution in [1.29, 1.82) is 0 Å². The van der Waals surface area contributed by atoms with Gasteiger partial charge in [0.1, 0.15) is 18.0 Å². The summed E-state index contributed by atoms with van der Waals surface area (Å²) < 4.78 is 76.6. The van der Waals surface area contributed by atoms with Gasteiger partial charge >= 0.3 is 26.3 Å². The lowest BCUT2D eigenvalue weighted by Crippen LogP contribution is -2.31. The second kappa shape index (κ2) is 9.82. The normalized spacial score (nSPS) is 14.8. The van der Waals surface area contributed by atoms with Crippen molar-refractivity contribution in [3.63, 3.8) is 0 Å². The van der Waals surface area contributed by atoms with Crippen LogP contribution < -0.4 is 17.9 Å². The fourth-order valence-corrected chi connectivity index (χ4v) is 5.48. The van der Waals surface area contributed by atoms with Gasteiger partial charge in [0.15, 0.2) is 11.6 Å². The van der Waals surface area contributed by atoms with Gasteiger partial charge in [-0.1, -0.05) is 36.4 Å². The smallest absolute Gasteiger partial charge is 0.343 e. The maximum atomic E-state index is 15.5. The number of carbonyl (C=O) groups excluding carboxylic acids is 2. The molecule has 1 heterocycles. The van der Waals surface area contributed by atoms with Crippen molar-refractivity contribution < 1.29 is 39.7 Å². The van der Waals surface area contributed by atoms with E-state index in [2.05, 4.69) is 0 Å². The Hall–Kier alpha value is -3.97. The molecule has 0 atom stereocenters. The number of rotatable bonds is 7. The zero-order valence-electron chi connectivity index (χ0n) is 19.6. The molecule has 1 aliphatic heterocycles. The molecule has 4 rings (SSSR count). The Kier molecular flexibility index (Phi) is 6.93. The van der Waals surface area contributed by atoms with Crippen LogP contribution in [0, 0.1) is 12.7 Å². The third kappa shape index (κ3) is 5.89. The van der Waals surface area contributed by atoms with E-state index < -0.39 is 56.0 Å². The number of carbonyl (C=O) groups is 2. The van der Waals surface area contributed by atoms with Gasteiger partial charge < -0.3 is 8.92 Å². The number of esters is 1. The molecule has 1 fully saturated rings. The van der Waals surface area contributed by atoms with E-state index in [1.54, 1.807) is 48.0 Å². The van der Waals surface area contributed by atoms with Crippen LogP contribution in [0.3, 0.4) is 0 Å². The summed E-state index contributed by atoms with van der Waals surface area (Å²) in [5.41, 5.74) is 0.632. The second-order valence-electron chi connectivity index (χ2n) is 8.24. The molecule has 10 nitrogen and oxygen atoms in total. The summed E-state index contributed by atoms with van der Waals surface area (Å²) in [7, 11) is -8.29. The van der Waals surface area contributed by atoms with E-state index in [4.69, 9.17) is 8.92 Å². The molecule has 37 heavy (non-hydrogen) atoms. The lowest BCUT2D eigenvalue weighted by molar-refractivity contribution is -0.117. The molecule has 3 aromatic rings. The number of para-hydroxylation sites is 1. The number of nitrogens with zero attached hydrogens (tertiary/aromatic N) is 1. The summed E-state index contributed by atoms with van der Waals surface area (Å²) in [6.07, 6.45) is 0.841. The topological polar surface area (TPSA) is 136 Å². The Bertz CT molecular complexity index is 1610. The highest BCUT2D eigenvalue weighted by Crippen LogP contribution is 2.37. The molecule has 0 spiro atoms. The minimum absolute atomic E-state index is 0.0520. The number of nitrogens with one attached hydrogen (secondary N) is 1. The van der Waals surface area contributed by atoms with Crippen molar-refractivity contribution in [1.82, 2.24) is 4.72 Å². The number of benzene rings is 3. The van der Waals surface area contributed by atoms with E-state index >= 15 is 4.39 Å². The summed E-state index contributed by atoms with van der Waals surface area (Å²) in [5.74, 6) is -3.22. The van der Waals surface area contributed by atoms with Crippen molar-refractivity contribution in [2.75, 3.05) is 17.1 Å². The second-order valence-corrected chi connectivity index (χ2v) is 11.4. The molecular weight excluding hydrogens is 527 g/mol. The zero-order chi connectivity index (χ0) is 27.0. The molecule has 0 radical (unpaired) electrons. The van der Waals surface area contributed by atoms with Crippen LogP contribution in [0.1, 0.15) is 27.0 Å². The number of amides is 1. The molecule has 0 aliphatic carbocycles. The summed E-state index contributed by atoms with van der Waals surface area (Å²) in [4.78, 5) is 24.5. The van der Waals surface area contributed by atoms with Crippen LogP contribution in [-0.2, 0) is 31.5 Å². The van der Waals surface area contributed by atoms with E-state index in [9.17, 15) is 26.4 Å². The van der Waals surface area contributed by atoms with Crippen molar-refractivity contribution in [2.24, 2.45) is 0 Å². The SMILES string of the molecule is Cc1cccc(Cc2cc(F)c(N3CC(=O)NS3(=O)=O)c(OC(=O)c3ccccc3)c2)c1OS(C)(=O)=O. The van der Waals surface area contributed by atoms with Gasteiger partial charge in [-0.2, -0.15) is 16.8 Å². The molecule has 0 aromatic heterocycles. The minimum Gasteiger partial charge on any atom is -0.421 e. The molecule has 13 heteroatoms. The summed E-state index contributed by atoms with van der Waals surface area (Å²) in [6, 6.07) is 14.9. The summed E-state index contributed by atoms with van der Waals surface area (Å²) in [6.45, 7) is 0.932. The van der Waals surface area contributed by atoms with Gasteiger partial charge in [-0.15, -0.1) is 0 Å². The number of hydrogen-bond acceptors (Lipinski definition) is 8. The number of halogens is 1. The predicted molar refractivity (Wildman–Crippen MR) is 132 cm³/mol. The highest BCUT2D eigenvalue weighted by atomic mass is 32.2. The van der Waals surface area contributed by atoms with Crippen molar-refractivity contribution >= 4 is 37.9 Å². The largest absolute Gasteiger partial charge is 0.421 e. The van der Waals surface area contributed by atoms with Gasteiger partial charge in [0.2, 0.25) is 0 Å². The van der Waals surface area contributed by atoms with E-state index in [-0.39, 0.29) is 23.3 Å². The maximum Gasteiger partial charge on any atom is 0.343 e. The molecule has 1 amide bonds. The average Bonchev–Trinajstić information content (AvgIpc) is 3.07. The van der Waals surface area contributed by atoms with Crippen molar-refractivity contribution in [3.05, 3.63) is 88.7 Å².